The van der Waals surface area contributed by atoms with Crippen molar-refractivity contribution in [3.05, 3.63) is 18.5 Å². The fourth-order valence-electron chi connectivity index (χ4n) is 2.69. The van der Waals surface area contributed by atoms with E-state index in [-0.39, 0.29) is 11.8 Å². The lowest BCUT2D eigenvalue weighted by atomic mass is 10.1. The lowest BCUT2D eigenvalue weighted by Gasteiger charge is -2.33. The summed E-state index contributed by atoms with van der Waals surface area (Å²) in [6.45, 7) is 1.46. The smallest absolute Gasteiger partial charge is 0.324 e. The van der Waals surface area contributed by atoms with Crippen LogP contribution in [0.4, 0.5) is 10.5 Å². The molecule has 20 heavy (non-hydrogen) atoms. The van der Waals surface area contributed by atoms with E-state index >= 15 is 0 Å². The largest absolute Gasteiger partial charge is 0.504 e. The van der Waals surface area contributed by atoms with E-state index in [1.54, 1.807) is 0 Å². The second kappa shape index (κ2) is 4.68. The number of aromatic hydroxyl groups is 1. The summed E-state index contributed by atoms with van der Waals surface area (Å²) in [7, 11) is 0. The van der Waals surface area contributed by atoms with Crippen molar-refractivity contribution in [2.75, 3.05) is 18.0 Å². The Bertz CT molecular complexity index is 666. The van der Waals surface area contributed by atoms with E-state index in [2.05, 4.69) is 11.1 Å². The summed E-state index contributed by atoms with van der Waals surface area (Å²) in [6.07, 6.45) is 4.69. The molecular weight excluding hydrogens is 258 g/mol. The molecule has 0 spiro atoms. The Morgan fingerprint density at radius 2 is 2.35 bits per heavy atom. The van der Waals surface area contributed by atoms with Gasteiger partial charge in [0.05, 0.1) is 17.3 Å². The van der Waals surface area contributed by atoms with Crippen LogP contribution in [0.3, 0.4) is 0 Å². The third kappa shape index (κ3) is 1.96. The predicted molar refractivity (Wildman–Crippen MR) is 74.6 cm³/mol. The predicted octanol–water partition coefficient (Wildman–Crippen LogP) is 0.396. The van der Waals surface area contributed by atoms with Crippen LogP contribution >= 0.6 is 0 Å². The Balaban J connectivity index is 2.14. The minimum absolute atomic E-state index is 0.0603. The molecule has 1 aliphatic heterocycles. The highest BCUT2D eigenvalue weighted by Crippen LogP contribution is 2.35. The van der Waals surface area contributed by atoms with Gasteiger partial charge < -0.3 is 21.5 Å². The highest BCUT2D eigenvalue weighted by Gasteiger charge is 2.23. The van der Waals surface area contributed by atoms with Crippen molar-refractivity contribution in [2.45, 2.75) is 18.9 Å². The number of hydrogen-bond acceptors (Lipinski definition) is 5. The molecule has 1 aliphatic rings. The molecule has 2 aromatic rings. The van der Waals surface area contributed by atoms with Crippen LogP contribution in [0.5, 0.6) is 5.75 Å². The van der Waals surface area contributed by atoms with E-state index in [1.807, 2.05) is 4.90 Å². The van der Waals surface area contributed by atoms with Crippen molar-refractivity contribution >= 4 is 22.8 Å². The Morgan fingerprint density at radius 3 is 3.05 bits per heavy atom. The minimum atomic E-state index is -0.629. The second-order valence-electron chi connectivity index (χ2n) is 5.02. The molecule has 1 radical (unpaired) electrons. The molecule has 3 rings (SSSR count). The summed E-state index contributed by atoms with van der Waals surface area (Å²) in [5.41, 5.74) is 12.3. The third-order valence-electron chi connectivity index (χ3n) is 3.59. The summed E-state index contributed by atoms with van der Waals surface area (Å²) in [5, 5.41) is 10.7. The van der Waals surface area contributed by atoms with Crippen molar-refractivity contribution in [3.8, 4) is 5.75 Å². The highest BCUT2D eigenvalue weighted by atomic mass is 16.3. The van der Waals surface area contributed by atoms with E-state index in [9.17, 15) is 9.90 Å². The molecule has 1 fully saturated rings. The number of nitrogens with zero attached hydrogens (tertiary/aromatic N) is 3. The normalized spacial score (nSPS) is 19.4. The molecular formula is C13H16N5O2. The number of hydrogen-bond donors (Lipinski definition) is 3. The van der Waals surface area contributed by atoms with Gasteiger partial charge in [-0.3, -0.25) is 4.57 Å². The number of carbonyl (C=O) groups is 1. The van der Waals surface area contributed by atoms with Crippen molar-refractivity contribution in [1.29, 1.82) is 0 Å². The molecule has 0 aromatic carbocycles. The number of aromatic nitrogens is 2. The summed E-state index contributed by atoms with van der Waals surface area (Å²) < 4.78 is 1.21. The fraction of sp³-hybridized carbons (Fsp3) is 0.385. The van der Waals surface area contributed by atoms with E-state index < -0.39 is 6.03 Å². The maximum absolute atomic E-state index is 11.3. The van der Waals surface area contributed by atoms with Crippen molar-refractivity contribution in [3.63, 3.8) is 0 Å². The standard InChI is InChI=1S/C13H16N5O2/c14-8-2-1-4-17(7-8)11-9-3-5-18(13(15)20)12(9)16-6-10(11)19/h5-6,8,19H,1-2,4,7,14H2,(H2,15,20)/t8-/m1/s1. The lowest BCUT2D eigenvalue weighted by molar-refractivity contribution is 0.251. The molecule has 0 bridgehead atoms. The number of nitrogens with two attached hydrogens (primary N) is 2. The van der Waals surface area contributed by atoms with Crippen LogP contribution < -0.4 is 16.4 Å². The number of primary amides is 1. The molecule has 1 atom stereocenters. The minimum Gasteiger partial charge on any atom is -0.504 e. The van der Waals surface area contributed by atoms with Crippen LogP contribution in [0.2, 0.25) is 0 Å². The van der Waals surface area contributed by atoms with E-state index in [4.69, 9.17) is 11.5 Å². The number of carbonyl (C=O) groups excluding carboxylic acids is 1. The number of fused-ring (bicyclic) bond motifs is 1. The van der Waals surface area contributed by atoms with Gasteiger partial charge in [0, 0.05) is 31.4 Å². The first-order valence-corrected chi connectivity index (χ1v) is 6.49. The van der Waals surface area contributed by atoms with Gasteiger partial charge in [-0.2, -0.15) is 0 Å². The average Bonchev–Trinajstić information content (AvgIpc) is 2.82. The Labute approximate surface area is 115 Å². The highest BCUT2D eigenvalue weighted by molar-refractivity contribution is 5.97. The quantitative estimate of drug-likeness (QED) is 0.697. The van der Waals surface area contributed by atoms with Gasteiger partial charge in [0.15, 0.2) is 11.4 Å². The van der Waals surface area contributed by atoms with Gasteiger partial charge in [0.2, 0.25) is 0 Å². The van der Waals surface area contributed by atoms with Gasteiger partial charge in [-0.25, -0.2) is 9.78 Å². The van der Waals surface area contributed by atoms with Gasteiger partial charge in [0.25, 0.3) is 0 Å². The Kier molecular flexibility index (Phi) is 2.98. The van der Waals surface area contributed by atoms with Gasteiger partial charge in [0.1, 0.15) is 0 Å². The molecule has 7 heteroatoms. The SMILES string of the molecule is NC(=O)n1c[c]c2c(N3CCC[C@@H](N)C3)c(O)cnc21. The molecule has 3 heterocycles. The van der Waals surface area contributed by atoms with E-state index in [0.717, 1.165) is 19.4 Å². The molecule has 105 valence electrons. The van der Waals surface area contributed by atoms with Gasteiger partial charge in [-0.1, -0.05) is 0 Å². The topological polar surface area (TPSA) is 110 Å². The van der Waals surface area contributed by atoms with E-state index in [0.29, 0.717) is 23.3 Å². The van der Waals surface area contributed by atoms with E-state index in [1.165, 1.54) is 17.0 Å². The first-order valence-electron chi connectivity index (χ1n) is 6.49. The number of rotatable bonds is 1. The third-order valence-corrected chi connectivity index (χ3v) is 3.59. The van der Waals surface area contributed by atoms with Gasteiger partial charge >= 0.3 is 6.03 Å². The molecule has 7 nitrogen and oxygen atoms in total. The zero-order chi connectivity index (χ0) is 14.3. The van der Waals surface area contributed by atoms with Gasteiger partial charge in [-0.05, 0) is 12.8 Å². The van der Waals surface area contributed by atoms with Crippen molar-refractivity contribution < 1.29 is 9.90 Å². The number of anilines is 1. The molecule has 0 saturated carbocycles. The van der Waals surface area contributed by atoms with Crippen LogP contribution in [-0.4, -0.2) is 39.8 Å². The first-order chi connectivity index (χ1) is 9.58. The summed E-state index contributed by atoms with van der Waals surface area (Å²) in [5.74, 6) is 0.0603. The van der Waals surface area contributed by atoms with Gasteiger partial charge in [-0.15, -0.1) is 0 Å². The molecule has 5 N–H and O–H groups in total. The first kappa shape index (κ1) is 12.7. The second-order valence-corrected chi connectivity index (χ2v) is 5.02. The number of piperidine rings is 1. The van der Waals surface area contributed by atoms with Crippen LogP contribution in [0.1, 0.15) is 12.8 Å². The number of amides is 1. The molecule has 0 unspecified atom stereocenters. The van der Waals surface area contributed by atoms with Crippen LogP contribution in [-0.2, 0) is 0 Å². The Morgan fingerprint density at radius 1 is 1.55 bits per heavy atom. The lowest BCUT2D eigenvalue weighted by Crippen LogP contribution is -2.42. The van der Waals surface area contributed by atoms with Crippen LogP contribution in [0.15, 0.2) is 12.4 Å². The summed E-state index contributed by atoms with van der Waals surface area (Å²) >= 11 is 0. The number of pyridine rings is 1. The zero-order valence-electron chi connectivity index (χ0n) is 10.9. The Hall–Kier alpha value is -2.28. The molecule has 2 aromatic heterocycles. The average molecular weight is 274 g/mol. The molecule has 1 saturated heterocycles. The fourth-order valence-corrected chi connectivity index (χ4v) is 2.69. The molecule has 1 amide bonds. The molecule has 0 aliphatic carbocycles. The summed E-state index contributed by atoms with van der Waals surface area (Å²) in [4.78, 5) is 17.4. The van der Waals surface area contributed by atoms with Crippen molar-refractivity contribution in [2.24, 2.45) is 11.5 Å². The van der Waals surface area contributed by atoms with Crippen molar-refractivity contribution in [1.82, 2.24) is 9.55 Å². The van der Waals surface area contributed by atoms with Crippen LogP contribution in [0, 0.1) is 6.07 Å². The maximum Gasteiger partial charge on any atom is 0.324 e. The van der Waals surface area contributed by atoms with Crippen LogP contribution in [0.25, 0.3) is 11.0 Å². The zero-order valence-corrected chi connectivity index (χ0v) is 10.9. The summed E-state index contributed by atoms with van der Waals surface area (Å²) in [6, 6.07) is 2.39. The monoisotopic (exact) mass is 274 g/mol. The maximum atomic E-state index is 11.3.